The Morgan fingerprint density at radius 3 is 2.70 bits per heavy atom. The molecular weight excluding hydrogens is 306 g/mol. The number of nitrogens with two attached hydrogens (primary N) is 1. The first-order valence-corrected chi connectivity index (χ1v) is 8.60. The topological polar surface area (TPSA) is 33.9 Å². The summed E-state index contributed by atoms with van der Waals surface area (Å²) in [6.45, 7) is 3.21. The maximum Gasteiger partial charge on any atom is 0.138 e. The molecule has 4 heteroatoms. The van der Waals surface area contributed by atoms with Gasteiger partial charge in [-0.25, -0.2) is 4.98 Å². The molecule has 0 unspecified atom stereocenters. The Labute approximate surface area is 142 Å². The number of fused-ring (bicyclic) bond motifs is 3. The van der Waals surface area contributed by atoms with Crippen molar-refractivity contribution in [2.75, 3.05) is 27.2 Å². The summed E-state index contributed by atoms with van der Waals surface area (Å²) in [4.78, 5) is 6.17. The number of hydrogen-bond acceptors (Lipinski definition) is 1. The van der Waals surface area contributed by atoms with Crippen molar-refractivity contribution in [3.05, 3.63) is 53.2 Å². The molecule has 1 aromatic heterocycles. The van der Waals surface area contributed by atoms with Crippen LogP contribution >= 0.6 is 11.6 Å². The van der Waals surface area contributed by atoms with E-state index in [0.717, 1.165) is 34.9 Å². The van der Waals surface area contributed by atoms with Crippen LogP contribution in [-0.4, -0.2) is 32.2 Å². The molecule has 120 valence electrons. The smallest absolute Gasteiger partial charge is 0.138 e. The average molecular weight is 330 g/mol. The van der Waals surface area contributed by atoms with Gasteiger partial charge in [-0.15, -0.1) is 0 Å². The van der Waals surface area contributed by atoms with Crippen molar-refractivity contribution in [1.29, 1.82) is 0 Å². The first-order chi connectivity index (χ1) is 11.1. The third-order valence-corrected chi connectivity index (χ3v) is 4.51. The molecule has 3 aromatic rings. The van der Waals surface area contributed by atoms with Gasteiger partial charge >= 0.3 is 0 Å². The molecule has 0 bridgehead atoms. The second-order valence-electron chi connectivity index (χ2n) is 6.39. The van der Waals surface area contributed by atoms with Crippen molar-refractivity contribution < 1.29 is 10.2 Å². The first-order valence-electron chi connectivity index (χ1n) is 8.23. The lowest BCUT2D eigenvalue weighted by Crippen LogP contribution is -3.06. The number of hydrogen-bond donors (Lipinski definition) is 2. The summed E-state index contributed by atoms with van der Waals surface area (Å²) in [6.07, 6.45) is 1.21. The van der Waals surface area contributed by atoms with Gasteiger partial charge in [-0.05, 0) is 11.5 Å². The Morgan fingerprint density at radius 1 is 1.09 bits per heavy atom. The normalized spacial score (nSPS) is 11.7. The largest absolute Gasteiger partial charge is 0.342 e. The summed E-state index contributed by atoms with van der Waals surface area (Å²) in [7, 11) is 4.38. The van der Waals surface area contributed by atoms with Gasteiger partial charge < -0.3 is 10.2 Å². The molecule has 0 aliphatic rings. The Hall–Kier alpha value is -1.68. The minimum absolute atomic E-state index is 0.628. The molecule has 0 aliphatic heterocycles. The van der Waals surface area contributed by atoms with Crippen LogP contribution in [0.25, 0.3) is 21.7 Å². The molecule has 0 aliphatic carbocycles. The van der Waals surface area contributed by atoms with Crippen molar-refractivity contribution in [3.63, 3.8) is 0 Å². The lowest BCUT2D eigenvalue weighted by Gasteiger charge is -2.09. The van der Waals surface area contributed by atoms with Gasteiger partial charge in [0.05, 0.1) is 32.7 Å². The molecule has 0 saturated heterocycles. The van der Waals surface area contributed by atoms with Gasteiger partial charge in [-0.2, -0.15) is 0 Å². The lowest BCUT2D eigenvalue weighted by molar-refractivity contribution is -0.860. The maximum absolute atomic E-state index is 6.43. The summed E-state index contributed by atoms with van der Waals surface area (Å²) in [6, 6.07) is 14.8. The zero-order valence-corrected chi connectivity index (χ0v) is 14.5. The number of halogens is 1. The molecular formula is C19H24ClN3+2. The third-order valence-electron chi connectivity index (χ3n) is 4.19. The SMILES string of the molecule is C[NH+](C)CCC[NH2+]Cc1cc2ccc3ccccc3c2nc1Cl. The molecule has 3 rings (SSSR count). The highest BCUT2D eigenvalue weighted by Gasteiger charge is 2.09. The number of aromatic nitrogens is 1. The molecule has 3 nitrogen and oxygen atoms in total. The minimum Gasteiger partial charge on any atom is -0.342 e. The van der Waals surface area contributed by atoms with Crippen LogP contribution in [0, 0.1) is 0 Å². The van der Waals surface area contributed by atoms with Crippen LogP contribution in [0.3, 0.4) is 0 Å². The van der Waals surface area contributed by atoms with E-state index < -0.39 is 0 Å². The summed E-state index contributed by atoms with van der Waals surface area (Å²) in [5.41, 5.74) is 2.11. The van der Waals surface area contributed by atoms with E-state index in [-0.39, 0.29) is 0 Å². The highest BCUT2D eigenvalue weighted by molar-refractivity contribution is 6.30. The van der Waals surface area contributed by atoms with Crippen molar-refractivity contribution in [2.45, 2.75) is 13.0 Å². The second kappa shape index (κ2) is 7.26. The van der Waals surface area contributed by atoms with Crippen LogP contribution in [0.4, 0.5) is 0 Å². The van der Waals surface area contributed by atoms with Crippen LogP contribution in [-0.2, 0) is 6.54 Å². The first kappa shape index (κ1) is 16.2. The van der Waals surface area contributed by atoms with Gasteiger partial charge in [0.2, 0.25) is 0 Å². The number of quaternary nitrogens is 2. The number of benzene rings is 2. The van der Waals surface area contributed by atoms with E-state index in [9.17, 15) is 0 Å². The third kappa shape index (κ3) is 3.81. The van der Waals surface area contributed by atoms with E-state index in [1.54, 1.807) is 0 Å². The van der Waals surface area contributed by atoms with E-state index in [0.29, 0.717) is 5.15 Å². The number of nitrogens with one attached hydrogen (secondary N) is 1. The number of rotatable bonds is 6. The van der Waals surface area contributed by atoms with Gasteiger partial charge in [-0.3, -0.25) is 0 Å². The molecule has 0 saturated carbocycles. The van der Waals surface area contributed by atoms with E-state index >= 15 is 0 Å². The van der Waals surface area contributed by atoms with E-state index in [4.69, 9.17) is 11.6 Å². The molecule has 1 heterocycles. The highest BCUT2D eigenvalue weighted by Crippen LogP contribution is 2.27. The lowest BCUT2D eigenvalue weighted by atomic mass is 10.1. The fourth-order valence-electron chi connectivity index (χ4n) is 2.93. The molecule has 0 spiro atoms. The van der Waals surface area contributed by atoms with E-state index in [1.807, 2.05) is 6.07 Å². The predicted octanol–water partition coefficient (Wildman–Crippen LogP) is 1.64. The maximum atomic E-state index is 6.43. The second-order valence-corrected chi connectivity index (χ2v) is 6.75. The number of pyridine rings is 1. The molecule has 23 heavy (non-hydrogen) atoms. The van der Waals surface area contributed by atoms with Gasteiger partial charge in [-0.1, -0.05) is 48.0 Å². The molecule has 0 atom stereocenters. The van der Waals surface area contributed by atoms with Crippen LogP contribution in [0.15, 0.2) is 42.5 Å². The van der Waals surface area contributed by atoms with Crippen molar-refractivity contribution >= 4 is 33.3 Å². The predicted molar refractivity (Wildman–Crippen MR) is 97.1 cm³/mol. The molecule has 0 radical (unpaired) electrons. The molecule has 3 N–H and O–H groups in total. The molecule has 2 aromatic carbocycles. The van der Waals surface area contributed by atoms with Gasteiger partial charge in [0, 0.05) is 22.8 Å². The standard InChI is InChI=1S/C19H22ClN3/c1-23(2)11-5-10-21-13-16-12-15-9-8-14-6-3-4-7-17(14)18(15)22-19(16)20/h3-4,6-9,12,21H,5,10-11,13H2,1-2H3/p+2. The Balaban J connectivity index is 1.80. The van der Waals surface area contributed by atoms with Crippen molar-refractivity contribution in [1.82, 2.24) is 4.98 Å². The number of nitrogens with zero attached hydrogens (tertiary/aromatic N) is 1. The van der Waals surface area contributed by atoms with Crippen LogP contribution in [0.1, 0.15) is 12.0 Å². The Morgan fingerprint density at radius 2 is 1.87 bits per heavy atom. The van der Waals surface area contributed by atoms with Gasteiger partial charge in [0.15, 0.2) is 0 Å². The average Bonchev–Trinajstić information content (AvgIpc) is 2.54. The van der Waals surface area contributed by atoms with Crippen LogP contribution < -0.4 is 10.2 Å². The van der Waals surface area contributed by atoms with Gasteiger partial charge in [0.25, 0.3) is 0 Å². The zero-order chi connectivity index (χ0) is 16.2. The van der Waals surface area contributed by atoms with Gasteiger partial charge in [0.1, 0.15) is 11.7 Å². The monoisotopic (exact) mass is 329 g/mol. The summed E-state index contributed by atoms with van der Waals surface area (Å²) in [5.74, 6) is 0. The summed E-state index contributed by atoms with van der Waals surface area (Å²) < 4.78 is 0. The molecule has 0 fully saturated rings. The highest BCUT2D eigenvalue weighted by atomic mass is 35.5. The van der Waals surface area contributed by atoms with Crippen LogP contribution in [0.2, 0.25) is 5.15 Å². The van der Waals surface area contributed by atoms with E-state index in [2.05, 4.69) is 60.8 Å². The minimum atomic E-state index is 0.628. The van der Waals surface area contributed by atoms with E-state index in [1.165, 1.54) is 23.3 Å². The zero-order valence-electron chi connectivity index (χ0n) is 13.8. The van der Waals surface area contributed by atoms with Crippen molar-refractivity contribution in [3.8, 4) is 0 Å². The van der Waals surface area contributed by atoms with Crippen molar-refractivity contribution in [2.24, 2.45) is 0 Å². The summed E-state index contributed by atoms with van der Waals surface area (Å²) in [5, 5.41) is 6.47. The van der Waals surface area contributed by atoms with Crippen LogP contribution in [0.5, 0.6) is 0 Å². The molecule has 0 amide bonds. The fourth-order valence-corrected chi connectivity index (χ4v) is 3.15. The Kier molecular flexibility index (Phi) is 5.11. The quantitative estimate of drug-likeness (QED) is 0.402. The Bertz CT molecular complexity index is 814. The summed E-state index contributed by atoms with van der Waals surface area (Å²) >= 11 is 6.43. The fraction of sp³-hybridized carbons (Fsp3) is 0.316.